The van der Waals surface area contributed by atoms with E-state index >= 15 is 0 Å². The Kier molecular flexibility index (Phi) is 11.5. The van der Waals surface area contributed by atoms with Crippen molar-refractivity contribution < 1.29 is 9.90 Å². The van der Waals surface area contributed by atoms with Crippen molar-refractivity contribution in [2.24, 2.45) is 9.98 Å². The molecule has 0 atom stereocenters. The number of carbonyl (C=O) groups is 1. The monoisotopic (exact) mass is 403 g/mol. The van der Waals surface area contributed by atoms with Crippen LogP contribution in [0, 0.1) is 0 Å². The van der Waals surface area contributed by atoms with Crippen LogP contribution < -0.4 is 16.0 Å². The molecular weight excluding hydrogens is 366 g/mol. The number of benzene rings is 1. The molecule has 1 aromatic carbocycles. The van der Waals surface area contributed by atoms with Crippen LogP contribution in [0.2, 0.25) is 0 Å². The summed E-state index contributed by atoms with van der Waals surface area (Å²) in [4.78, 5) is 18.3. The largest absolute Gasteiger partial charge is 0.481 e. The average Bonchev–Trinajstić information content (AvgIpc) is 2.65. The Hall–Kier alpha value is -2.57. The molecule has 1 heterocycles. The van der Waals surface area contributed by atoms with E-state index in [2.05, 4.69) is 45.0 Å². The summed E-state index contributed by atoms with van der Waals surface area (Å²) in [6, 6.07) is 10.3. The smallest absolute Gasteiger partial charge is 0.300 e. The van der Waals surface area contributed by atoms with Crippen LogP contribution in [0.3, 0.4) is 0 Å². The molecule has 1 aliphatic rings. The molecule has 0 spiro atoms. The number of guanidine groups is 2. The summed E-state index contributed by atoms with van der Waals surface area (Å²) >= 11 is 0. The van der Waals surface area contributed by atoms with E-state index in [-0.39, 0.29) is 0 Å². The molecule has 0 aliphatic carbocycles. The molecule has 4 N–H and O–H groups in total. The summed E-state index contributed by atoms with van der Waals surface area (Å²) in [5.41, 5.74) is 0.780. The highest BCUT2D eigenvalue weighted by atomic mass is 16.4. The second-order valence-corrected chi connectivity index (χ2v) is 7.59. The van der Waals surface area contributed by atoms with Gasteiger partial charge in [0.05, 0.1) is 0 Å². The normalized spacial score (nSPS) is 14.5. The second kappa shape index (κ2) is 13.6. The molecule has 0 unspecified atom stereocenters. The summed E-state index contributed by atoms with van der Waals surface area (Å²) in [5, 5.41) is 17.5. The number of hydrogen-bond acceptors (Lipinski definition) is 6. The van der Waals surface area contributed by atoms with Crippen LogP contribution in [-0.4, -0.2) is 35.2 Å². The highest BCUT2D eigenvalue weighted by molar-refractivity contribution is 6.00. The van der Waals surface area contributed by atoms with Gasteiger partial charge in [-0.15, -0.1) is 0 Å². The second-order valence-electron chi connectivity index (χ2n) is 7.59. The molecule has 162 valence electrons. The van der Waals surface area contributed by atoms with Crippen LogP contribution in [0.4, 0.5) is 0 Å². The molecule has 0 saturated carbocycles. The Labute approximate surface area is 175 Å². The van der Waals surface area contributed by atoms with Crippen molar-refractivity contribution in [1.29, 1.82) is 0 Å². The maximum Gasteiger partial charge on any atom is 0.300 e. The van der Waals surface area contributed by atoms with Crippen LogP contribution in [0.5, 0.6) is 0 Å². The maximum absolute atomic E-state index is 9.00. The number of aliphatic carboxylic acids is 1. The molecule has 2 rings (SSSR count). The van der Waals surface area contributed by atoms with E-state index < -0.39 is 11.6 Å². The Balaban J connectivity index is 0.000000960. The SMILES string of the molecule is CC(=O)O.CCCCCCCCNC1=NC(C)(C)N=C(NCc2ccccc2)N1. The van der Waals surface area contributed by atoms with Crippen LogP contribution in [0.1, 0.15) is 71.8 Å². The molecule has 7 heteroatoms. The van der Waals surface area contributed by atoms with Crippen molar-refractivity contribution in [1.82, 2.24) is 16.0 Å². The number of hydrogen-bond donors (Lipinski definition) is 4. The third-order valence-corrected chi connectivity index (χ3v) is 4.13. The van der Waals surface area contributed by atoms with E-state index in [4.69, 9.17) is 9.90 Å². The molecule has 0 amide bonds. The van der Waals surface area contributed by atoms with Gasteiger partial charge in [0.15, 0.2) is 5.66 Å². The van der Waals surface area contributed by atoms with Gasteiger partial charge in [0.1, 0.15) is 0 Å². The third kappa shape index (κ3) is 12.5. The molecule has 1 aromatic rings. The minimum Gasteiger partial charge on any atom is -0.481 e. The lowest BCUT2D eigenvalue weighted by Crippen LogP contribution is -2.51. The van der Waals surface area contributed by atoms with E-state index in [1.165, 1.54) is 44.1 Å². The molecule has 0 fully saturated rings. The minimum absolute atomic E-state index is 0.451. The molecule has 29 heavy (non-hydrogen) atoms. The van der Waals surface area contributed by atoms with E-state index in [1.807, 2.05) is 32.0 Å². The first kappa shape index (κ1) is 24.5. The lowest BCUT2D eigenvalue weighted by Gasteiger charge is -2.26. The van der Waals surface area contributed by atoms with E-state index in [0.29, 0.717) is 0 Å². The van der Waals surface area contributed by atoms with Crippen molar-refractivity contribution in [2.45, 2.75) is 78.4 Å². The summed E-state index contributed by atoms with van der Waals surface area (Å²) < 4.78 is 0. The predicted molar refractivity (Wildman–Crippen MR) is 120 cm³/mol. The van der Waals surface area contributed by atoms with Gasteiger partial charge in [-0.25, -0.2) is 9.98 Å². The first-order chi connectivity index (χ1) is 13.8. The zero-order valence-electron chi connectivity index (χ0n) is 18.3. The number of nitrogens with one attached hydrogen (secondary N) is 3. The Morgan fingerprint density at radius 1 is 1.00 bits per heavy atom. The van der Waals surface area contributed by atoms with Gasteiger partial charge in [0.2, 0.25) is 11.9 Å². The maximum atomic E-state index is 9.00. The Morgan fingerprint density at radius 3 is 2.17 bits per heavy atom. The number of carboxylic acid groups (broad SMARTS) is 1. The Morgan fingerprint density at radius 2 is 1.55 bits per heavy atom. The molecule has 0 radical (unpaired) electrons. The molecule has 1 aliphatic heterocycles. The highest BCUT2D eigenvalue weighted by Gasteiger charge is 2.22. The van der Waals surface area contributed by atoms with Gasteiger partial charge in [0, 0.05) is 20.0 Å². The highest BCUT2D eigenvalue weighted by Crippen LogP contribution is 2.13. The van der Waals surface area contributed by atoms with Crippen LogP contribution in [0.15, 0.2) is 40.3 Å². The summed E-state index contributed by atoms with van der Waals surface area (Å²) in [7, 11) is 0. The molecule has 0 bridgehead atoms. The lowest BCUT2D eigenvalue weighted by molar-refractivity contribution is -0.134. The number of carboxylic acids is 1. The number of nitrogens with zero attached hydrogens (tertiary/aromatic N) is 2. The van der Waals surface area contributed by atoms with Gasteiger partial charge in [-0.1, -0.05) is 69.4 Å². The quantitative estimate of drug-likeness (QED) is 0.469. The number of unbranched alkanes of at least 4 members (excludes halogenated alkanes) is 5. The van der Waals surface area contributed by atoms with Gasteiger partial charge in [-0.3, -0.25) is 10.1 Å². The van der Waals surface area contributed by atoms with Crippen molar-refractivity contribution in [3.8, 4) is 0 Å². The summed E-state index contributed by atoms with van der Waals surface area (Å²) in [6.45, 7) is 9.06. The van der Waals surface area contributed by atoms with Crippen LogP contribution >= 0.6 is 0 Å². The summed E-state index contributed by atoms with van der Waals surface area (Å²) in [6.07, 6.45) is 7.77. The first-order valence-corrected chi connectivity index (χ1v) is 10.5. The lowest BCUT2D eigenvalue weighted by atomic mass is 10.1. The van der Waals surface area contributed by atoms with Gasteiger partial charge in [-0.2, -0.15) is 0 Å². The van der Waals surface area contributed by atoms with Crippen molar-refractivity contribution >= 4 is 17.9 Å². The fourth-order valence-electron chi connectivity index (χ4n) is 2.80. The minimum atomic E-state index is -0.833. The average molecular weight is 404 g/mol. The topological polar surface area (TPSA) is 98.1 Å². The standard InChI is InChI=1S/C20H33N5.C2H4O2/c1-4-5-6-7-8-12-15-21-18-23-19(25-20(2,3)24-18)22-16-17-13-10-9-11-14-17;1-2(3)4/h9-11,13-14H,4-8,12,15-16H2,1-3H3,(H3,21,22,23,24,25);1H3,(H,3,4). The van der Waals surface area contributed by atoms with E-state index in [9.17, 15) is 0 Å². The molecule has 0 aromatic heterocycles. The van der Waals surface area contributed by atoms with Gasteiger partial charge in [0.25, 0.3) is 5.97 Å². The van der Waals surface area contributed by atoms with Crippen LogP contribution in [-0.2, 0) is 11.3 Å². The van der Waals surface area contributed by atoms with Crippen molar-refractivity contribution in [3.63, 3.8) is 0 Å². The third-order valence-electron chi connectivity index (χ3n) is 4.13. The van der Waals surface area contributed by atoms with E-state index in [0.717, 1.165) is 31.9 Å². The predicted octanol–water partition coefficient (Wildman–Crippen LogP) is 3.87. The number of aliphatic imine (C=N–C) groups is 2. The van der Waals surface area contributed by atoms with Crippen molar-refractivity contribution in [3.05, 3.63) is 35.9 Å². The first-order valence-electron chi connectivity index (χ1n) is 10.5. The van der Waals surface area contributed by atoms with Crippen molar-refractivity contribution in [2.75, 3.05) is 6.54 Å². The summed E-state index contributed by atoms with van der Waals surface area (Å²) in [5.74, 6) is 0.749. The fraction of sp³-hybridized carbons (Fsp3) is 0.591. The molecule has 0 saturated heterocycles. The van der Waals surface area contributed by atoms with Gasteiger partial charge < -0.3 is 15.7 Å². The zero-order chi connectivity index (χ0) is 21.5. The molecule has 7 nitrogen and oxygen atoms in total. The zero-order valence-corrected chi connectivity index (χ0v) is 18.3. The number of rotatable bonds is 9. The van der Waals surface area contributed by atoms with Gasteiger partial charge in [-0.05, 0) is 25.8 Å². The Bertz CT molecular complexity index is 652. The molecular formula is C22H37N5O2. The van der Waals surface area contributed by atoms with Crippen LogP contribution in [0.25, 0.3) is 0 Å². The van der Waals surface area contributed by atoms with E-state index in [1.54, 1.807) is 0 Å². The fourth-order valence-corrected chi connectivity index (χ4v) is 2.80. The van der Waals surface area contributed by atoms with Gasteiger partial charge >= 0.3 is 0 Å².